The van der Waals surface area contributed by atoms with E-state index in [1.54, 1.807) is 6.92 Å². The number of Topliss-reactive ketones (excluding diaryl/α,β-unsaturated/α-hetero) is 1. The van der Waals surface area contributed by atoms with E-state index in [1.165, 1.54) is 18.9 Å². The summed E-state index contributed by atoms with van der Waals surface area (Å²) in [5.74, 6) is 2.03. The molecule has 0 radical (unpaired) electrons. The molecule has 0 aromatic carbocycles. The summed E-state index contributed by atoms with van der Waals surface area (Å²) in [4.78, 5) is 23.8. The lowest BCUT2D eigenvalue weighted by Gasteiger charge is -2.58. The van der Waals surface area contributed by atoms with Gasteiger partial charge in [0.15, 0.2) is 11.4 Å². The Hall–Kier alpha value is -1.16. The van der Waals surface area contributed by atoms with E-state index in [0.29, 0.717) is 17.8 Å². The monoisotopic (exact) mass is 372 g/mol. The molecule has 1 heterocycles. The first kappa shape index (κ1) is 17.9. The fraction of sp³-hybridized carbons (Fsp3) is 0.826. The van der Waals surface area contributed by atoms with Crippen molar-refractivity contribution in [2.75, 3.05) is 0 Å². The molecule has 0 spiro atoms. The van der Waals surface area contributed by atoms with Crippen molar-refractivity contribution in [1.29, 1.82) is 0 Å². The van der Waals surface area contributed by atoms with E-state index in [4.69, 9.17) is 9.47 Å². The number of ketones is 1. The summed E-state index contributed by atoms with van der Waals surface area (Å²) in [6, 6.07) is 0. The molecule has 0 aromatic heterocycles. The normalized spacial score (nSPS) is 52.6. The van der Waals surface area contributed by atoms with Crippen LogP contribution in [0.1, 0.15) is 72.6 Å². The number of esters is 1. The first-order chi connectivity index (χ1) is 12.7. The largest absolute Gasteiger partial charge is 0.462 e. The highest BCUT2D eigenvalue weighted by atomic mass is 16.6. The number of ether oxygens (including phenoxy) is 2. The van der Waals surface area contributed by atoms with Gasteiger partial charge in [-0.2, -0.15) is 0 Å². The van der Waals surface area contributed by atoms with Gasteiger partial charge in [-0.15, -0.1) is 0 Å². The Labute approximate surface area is 162 Å². The van der Waals surface area contributed by atoms with Crippen LogP contribution in [0.2, 0.25) is 0 Å². The first-order valence-corrected chi connectivity index (χ1v) is 10.8. The quantitative estimate of drug-likeness (QED) is 0.414. The van der Waals surface area contributed by atoms with E-state index >= 15 is 0 Å². The number of hydrogen-bond donors (Lipinski definition) is 0. The Balaban J connectivity index is 1.43. The molecule has 0 aromatic rings. The summed E-state index contributed by atoms with van der Waals surface area (Å²) < 4.78 is 11.6. The maximum Gasteiger partial charge on any atom is 0.302 e. The smallest absolute Gasteiger partial charge is 0.302 e. The van der Waals surface area contributed by atoms with E-state index in [9.17, 15) is 9.59 Å². The van der Waals surface area contributed by atoms with E-state index in [-0.39, 0.29) is 34.8 Å². The van der Waals surface area contributed by atoms with Crippen LogP contribution in [-0.2, 0) is 19.1 Å². The molecule has 4 fully saturated rings. The van der Waals surface area contributed by atoms with Gasteiger partial charge in [0, 0.05) is 18.8 Å². The Bertz CT molecular complexity index is 741. The van der Waals surface area contributed by atoms with Gasteiger partial charge in [-0.3, -0.25) is 9.59 Å². The fourth-order valence-corrected chi connectivity index (χ4v) is 8.03. The molecular formula is C23H32O4. The van der Waals surface area contributed by atoms with Crippen LogP contribution in [0.5, 0.6) is 0 Å². The van der Waals surface area contributed by atoms with Crippen LogP contribution >= 0.6 is 0 Å². The molecule has 148 valence electrons. The molecule has 5 rings (SSSR count). The zero-order chi connectivity index (χ0) is 19.2. The van der Waals surface area contributed by atoms with Crippen molar-refractivity contribution in [2.45, 2.75) is 90.4 Å². The topological polar surface area (TPSA) is 55.9 Å². The second-order valence-corrected chi connectivity index (χ2v) is 10.3. The number of allylic oxidation sites excluding steroid dienone is 1. The Morgan fingerprint density at radius 1 is 1.15 bits per heavy atom. The molecule has 4 nitrogen and oxygen atoms in total. The van der Waals surface area contributed by atoms with Gasteiger partial charge in [0.2, 0.25) is 0 Å². The molecule has 8 atom stereocenters. The average molecular weight is 373 g/mol. The van der Waals surface area contributed by atoms with Gasteiger partial charge >= 0.3 is 5.97 Å². The molecule has 5 aliphatic rings. The molecular weight excluding hydrogens is 340 g/mol. The third kappa shape index (κ3) is 2.14. The highest BCUT2D eigenvalue weighted by molar-refractivity contribution is 5.90. The van der Waals surface area contributed by atoms with Crippen molar-refractivity contribution in [3.8, 4) is 0 Å². The van der Waals surface area contributed by atoms with Crippen LogP contribution in [0.3, 0.4) is 0 Å². The van der Waals surface area contributed by atoms with Gasteiger partial charge in [0.1, 0.15) is 6.10 Å². The average Bonchev–Trinajstić information content (AvgIpc) is 3.27. The Morgan fingerprint density at radius 2 is 1.93 bits per heavy atom. The van der Waals surface area contributed by atoms with Crippen molar-refractivity contribution >= 4 is 11.8 Å². The molecule has 3 saturated carbocycles. The Morgan fingerprint density at radius 3 is 2.63 bits per heavy atom. The minimum atomic E-state index is -0.472. The summed E-state index contributed by atoms with van der Waals surface area (Å²) in [5.41, 5.74) is 1.30. The lowest BCUT2D eigenvalue weighted by atomic mass is 9.47. The van der Waals surface area contributed by atoms with Gasteiger partial charge in [0.05, 0.1) is 6.10 Å². The van der Waals surface area contributed by atoms with Gasteiger partial charge < -0.3 is 9.47 Å². The highest BCUT2D eigenvalue weighted by Gasteiger charge is 2.79. The van der Waals surface area contributed by atoms with E-state index in [0.717, 1.165) is 38.5 Å². The highest BCUT2D eigenvalue weighted by Crippen LogP contribution is 2.73. The predicted molar refractivity (Wildman–Crippen MR) is 101 cm³/mol. The van der Waals surface area contributed by atoms with Crippen molar-refractivity contribution in [3.63, 3.8) is 0 Å². The van der Waals surface area contributed by atoms with Crippen molar-refractivity contribution in [2.24, 2.45) is 28.6 Å². The van der Waals surface area contributed by atoms with Gasteiger partial charge in [-0.25, -0.2) is 0 Å². The number of rotatable bonds is 2. The minimum absolute atomic E-state index is 0.0152. The predicted octanol–water partition coefficient (Wildman–Crippen LogP) is 4.22. The molecule has 0 N–H and O–H groups in total. The summed E-state index contributed by atoms with van der Waals surface area (Å²) >= 11 is 0. The lowest BCUT2D eigenvalue weighted by molar-refractivity contribution is -0.149. The van der Waals surface area contributed by atoms with Crippen LogP contribution in [0, 0.1) is 28.6 Å². The maximum atomic E-state index is 12.5. The molecule has 1 saturated heterocycles. The molecule has 0 bridgehead atoms. The van der Waals surface area contributed by atoms with Gasteiger partial charge in [-0.05, 0) is 68.6 Å². The van der Waals surface area contributed by atoms with Gasteiger partial charge in [-0.1, -0.05) is 25.5 Å². The summed E-state index contributed by atoms with van der Waals surface area (Å²) in [7, 11) is 0. The standard InChI is InChI=1S/C23H32O4/c1-13(24)23-20(27-23)12-19-17-6-5-15-11-16(26-14(2)25)7-9-21(15,3)18(17)8-10-22(19,23)4/h5,16-20H,6-12H2,1-4H3/t16-,17+,18-,19-,20?,21-,22-,23+/m0/s1. The summed E-state index contributed by atoms with van der Waals surface area (Å²) in [6.45, 7) is 8.03. The van der Waals surface area contributed by atoms with Crippen LogP contribution in [-0.4, -0.2) is 29.6 Å². The minimum Gasteiger partial charge on any atom is -0.462 e. The summed E-state index contributed by atoms with van der Waals surface area (Å²) in [5, 5.41) is 0. The van der Waals surface area contributed by atoms with Crippen LogP contribution < -0.4 is 0 Å². The molecule has 1 aliphatic heterocycles. The molecule has 4 aliphatic carbocycles. The van der Waals surface area contributed by atoms with Crippen LogP contribution in [0.15, 0.2) is 11.6 Å². The van der Waals surface area contributed by atoms with Crippen LogP contribution in [0.25, 0.3) is 0 Å². The van der Waals surface area contributed by atoms with Crippen LogP contribution in [0.4, 0.5) is 0 Å². The van der Waals surface area contributed by atoms with Crippen molar-refractivity contribution < 1.29 is 19.1 Å². The first-order valence-electron chi connectivity index (χ1n) is 10.8. The molecule has 0 amide bonds. The fourth-order valence-electron chi connectivity index (χ4n) is 8.03. The number of fused-ring (bicyclic) bond motifs is 7. The molecule has 27 heavy (non-hydrogen) atoms. The molecule has 1 unspecified atom stereocenters. The van der Waals surface area contributed by atoms with Crippen molar-refractivity contribution in [1.82, 2.24) is 0 Å². The Kier molecular flexibility index (Phi) is 3.62. The summed E-state index contributed by atoms with van der Waals surface area (Å²) in [6.07, 6.45) is 10.1. The van der Waals surface area contributed by atoms with Crippen molar-refractivity contribution in [3.05, 3.63) is 11.6 Å². The molecule has 4 heteroatoms. The number of epoxide rings is 1. The lowest BCUT2D eigenvalue weighted by Crippen LogP contribution is -2.54. The third-order valence-electron chi connectivity index (χ3n) is 9.34. The van der Waals surface area contributed by atoms with E-state index in [2.05, 4.69) is 19.9 Å². The van der Waals surface area contributed by atoms with Gasteiger partial charge in [0.25, 0.3) is 0 Å². The zero-order valence-electron chi connectivity index (χ0n) is 17.0. The zero-order valence-corrected chi connectivity index (χ0v) is 17.0. The SMILES string of the molecule is CC(=O)O[C@H]1CC[C@@]2(C)C(=CC[C@@H]3[C@@H]2CC[C@@]2(C)[C@H]3CC3O[C@]32C(C)=O)C1. The number of carbonyl (C=O) groups is 2. The maximum absolute atomic E-state index is 12.5. The number of carbonyl (C=O) groups excluding carboxylic acids is 2. The second kappa shape index (κ2) is 5.46. The third-order valence-corrected chi connectivity index (χ3v) is 9.34. The van der Waals surface area contributed by atoms with E-state index < -0.39 is 5.60 Å². The number of hydrogen-bond acceptors (Lipinski definition) is 4. The van der Waals surface area contributed by atoms with E-state index in [1.807, 2.05) is 0 Å². The second-order valence-electron chi connectivity index (χ2n) is 10.3.